The van der Waals surface area contributed by atoms with Gasteiger partial charge in [0.05, 0.1) is 23.7 Å². The van der Waals surface area contributed by atoms with Crippen molar-refractivity contribution in [2.24, 2.45) is 46.3 Å². The summed E-state index contributed by atoms with van der Waals surface area (Å²) in [5.74, 6) is -3.13. The third kappa shape index (κ3) is 0.636. The normalized spacial score (nSPS) is 63.2. The number of ether oxygens (including phenoxy) is 2. The highest BCUT2D eigenvalue weighted by atomic mass is 16.6. The quantitative estimate of drug-likeness (QED) is 0.443. The fourth-order valence-electron chi connectivity index (χ4n) is 6.64. The van der Waals surface area contributed by atoms with Crippen molar-refractivity contribution < 1.29 is 28.7 Å². The van der Waals surface area contributed by atoms with Gasteiger partial charge >= 0.3 is 23.9 Å². The second-order valence-electron chi connectivity index (χ2n) is 7.19. The van der Waals surface area contributed by atoms with Gasteiger partial charge in [-0.3, -0.25) is 19.2 Å². The highest BCUT2D eigenvalue weighted by Crippen LogP contribution is 2.96. The van der Waals surface area contributed by atoms with Crippen LogP contribution in [0.4, 0.5) is 0 Å². The Morgan fingerprint density at radius 1 is 0.700 bits per heavy atom. The van der Waals surface area contributed by atoms with E-state index in [4.69, 9.17) is 9.47 Å². The van der Waals surface area contributed by atoms with Gasteiger partial charge in [0, 0.05) is 0 Å². The van der Waals surface area contributed by atoms with Gasteiger partial charge in [0.15, 0.2) is 0 Å². The summed E-state index contributed by atoms with van der Waals surface area (Å²) in [6.07, 6.45) is 1.52. The first kappa shape index (κ1) is 10.1. The number of cyclic esters (lactones) is 4. The number of rotatable bonds is 0. The average molecular weight is 274 g/mol. The number of hydrogen-bond acceptors (Lipinski definition) is 6. The van der Waals surface area contributed by atoms with Crippen LogP contribution in [0, 0.1) is 46.3 Å². The van der Waals surface area contributed by atoms with Crippen LogP contribution in [0.2, 0.25) is 0 Å². The molecule has 2 unspecified atom stereocenters. The van der Waals surface area contributed by atoms with E-state index in [-0.39, 0.29) is 46.3 Å². The Balaban J connectivity index is 1.54. The molecule has 0 radical (unpaired) electrons. The molecule has 2 spiro atoms. The largest absolute Gasteiger partial charge is 0.393 e. The van der Waals surface area contributed by atoms with E-state index < -0.39 is 23.9 Å². The van der Waals surface area contributed by atoms with Gasteiger partial charge in [0.25, 0.3) is 0 Å². The summed E-state index contributed by atoms with van der Waals surface area (Å²) in [7, 11) is 0. The Bertz CT molecular complexity index is 595. The lowest BCUT2D eigenvalue weighted by atomic mass is 9.46. The van der Waals surface area contributed by atoms with Crippen LogP contribution in [-0.2, 0) is 28.7 Å². The minimum atomic E-state index is -0.427. The predicted octanol–water partition coefficient (Wildman–Crippen LogP) is -0.342. The zero-order valence-corrected chi connectivity index (χ0v) is 10.3. The summed E-state index contributed by atoms with van der Waals surface area (Å²) < 4.78 is 9.64. The van der Waals surface area contributed by atoms with Crippen LogP contribution in [0.25, 0.3) is 0 Å². The molecular formula is C14H10O6. The summed E-state index contributed by atoms with van der Waals surface area (Å²) in [6, 6.07) is 0. The first-order valence-electron chi connectivity index (χ1n) is 7.05. The van der Waals surface area contributed by atoms with E-state index in [0.717, 1.165) is 12.8 Å². The smallest absolute Gasteiger partial charge is 0.318 e. The van der Waals surface area contributed by atoms with Crippen LogP contribution in [0.1, 0.15) is 12.8 Å². The molecule has 8 atom stereocenters. The minimum Gasteiger partial charge on any atom is -0.393 e. The number of esters is 4. The van der Waals surface area contributed by atoms with Crippen LogP contribution in [-0.4, -0.2) is 23.9 Å². The lowest BCUT2D eigenvalue weighted by Crippen LogP contribution is -2.58. The van der Waals surface area contributed by atoms with Crippen LogP contribution in [0.15, 0.2) is 0 Å². The fourth-order valence-corrected chi connectivity index (χ4v) is 6.64. The van der Waals surface area contributed by atoms with Crippen molar-refractivity contribution in [1.82, 2.24) is 0 Å². The van der Waals surface area contributed by atoms with Gasteiger partial charge in [-0.25, -0.2) is 0 Å². The second-order valence-corrected chi connectivity index (χ2v) is 7.19. The van der Waals surface area contributed by atoms with E-state index in [1.165, 1.54) is 0 Å². The Morgan fingerprint density at radius 2 is 1.10 bits per heavy atom. The third-order valence-electron chi connectivity index (χ3n) is 7.14. The highest BCUT2D eigenvalue weighted by molar-refractivity contribution is 6.03. The van der Waals surface area contributed by atoms with Gasteiger partial charge < -0.3 is 9.47 Å². The molecule has 4 saturated carbocycles. The zero-order valence-electron chi connectivity index (χ0n) is 10.3. The summed E-state index contributed by atoms with van der Waals surface area (Å²) >= 11 is 0. The van der Waals surface area contributed by atoms with Crippen molar-refractivity contribution in [3.8, 4) is 0 Å². The molecule has 102 valence electrons. The Morgan fingerprint density at radius 3 is 1.55 bits per heavy atom. The maximum Gasteiger partial charge on any atom is 0.318 e. The number of carbonyl (C=O) groups excluding carboxylic acids is 4. The first-order chi connectivity index (χ1) is 9.54. The van der Waals surface area contributed by atoms with Gasteiger partial charge in [-0.2, -0.15) is 0 Å². The SMILES string of the molecule is O=C1OC(=O)[C@H]2C1[C@H]1C[C@@]13C1C(=O)OC(=O)[C@H]1[C@]31C[C@@H]21. The molecule has 0 aromatic heterocycles. The molecule has 0 bridgehead atoms. The monoisotopic (exact) mass is 274 g/mol. The molecule has 6 fully saturated rings. The maximum atomic E-state index is 11.9. The van der Waals surface area contributed by atoms with Gasteiger partial charge in [-0.1, -0.05) is 0 Å². The molecule has 2 heterocycles. The van der Waals surface area contributed by atoms with Crippen molar-refractivity contribution >= 4 is 23.9 Å². The molecule has 2 aliphatic heterocycles. The molecule has 20 heavy (non-hydrogen) atoms. The number of hydrogen-bond donors (Lipinski definition) is 0. The minimum absolute atomic E-state index is 0.0323. The standard InChI is InChI=1S/C14H10O6/c15-9-5-3-1-13(3)7-8(12(18)20-11(7)17)14(13)2-4(14)6(5)10(16)19-9/h3-8H,1-2H2/t3-,4+,5+,6?,7-,8?,13+,14-/m0/s1. The molecule has 6 aliphatic rings. The van der Waals surface area contributed by atoms with Crippen LogP contribution >= 0.6 is 0 Å². The first-order valence-corrected chi connectivity index (χ1v) is 7.05. The zero-order chi connectivity index (χ0) is 13.6. The number of fused-ring (bicyclic) bond motifs is 4. The third-order valence-corrected chi connectivity index (χ3v) is 7.14. The van der Waals surface area contributed by atoms with E-state index in [0.29, 0.717) is 0 Å². The molecule has 0 aromatic rings. The Kier molecular flexibility index (Phi) is 1.18. The molecule has 6 heteroatoms. The Hall–Kier alpha value is -1.72. The summed E-state index contributed by atoms with van der Waals surface area (Å²) in [6.45, 7) is 0. The second kappa shape index (κ2) is 2.34. The molecule has 2 saturated heterocycles. The van der Waals surface area contributed by atoms with Crippen molar-refractivity contribution in [3.63, 3.8) is 0 Å². The van der Waals surface area contributed by atoms with Crippen molar-refractivity contribution in [3.05, 3.63) is 0 Å². The number of carbonyl (C=O) groups is 4. The van der Waals surface area contributed by atoms with E-state index in [1.54, 1.807) is 0 Å². The summed E-state index contributed by atoms with van der Waals surface area (Å²) in [5, 5.41) is 0. The average Bonchev–Trinajstić information content (AvgIpc) is 3.22. The molecule has 6 nitrogen and oxygen atoms in total. The molecule has 0 aromatic carbocycles. The lowest BCUT2D eigenvalue weighted by molar-refractivity contribution is -0.158. The van der Waals surface area contributed by atoms with Crippen LogP contribution in [0.3, 0.4) is 0 Å². The molecular weight excluding hydrogens is 264 g/mol. The van der Waals surface area contributed by atoms with E-state index in [9.17, 15) is 19.2 Å². The predicted molar refractivity (Wildman–Crippen MR) is 57.2 cm³/mol. The summed E-state index contributed by atoms with van der Waals surface area (Å²) in [4.78, 5) is 47.6. The Labute approximate surface area is 112 Å². The van der Waals surface area contributed by atoms with E-state index in [2.05, 4.69) is 0 Å². The fraction of sp³-hybridized carbons (Fsp3) is 0.714. The van der Waals surface area contributed by atoms with Crippen LogP contribution < -0.4 is 0 Å². The van der Waals surface area contributed by atoms with Gasteiger partial charge in [0.2, 0.25) is 0 Å². The van der Waals surface area contributed by atoms with Crippen molar-refractivity contribution in [1.29, 1.82) is 0 Å². The van der Waals surface area contributed by atoms with E-state index in [1.807, 2.05) is 0 Å². The van der Waals surface area contributed by atoms with Crippen LogP contribution in [0.5, 0.6) is 0 Å². The van der Waals surface area contributed by atoms with Crippen molar-refractivity contribution in [2.45, 2.75) is 12.8 Å². The topological polar surface area (TPSA) is 86.7 Å². The highest BCUT2D eigenvalue weighted by Gasteiger charge is 2.98. The van der Waals surface area contributed by atoms with Gasteiger partial charge in [0.1, 0.15) is 0 Å². The molecule has 0 N–H and O–H groups in total. The molecule has 4 aliphatic carbocycles. The maximum absolute atomic E-state index is 11.9. The molecule has 0 amide bonds. The van der Waals surface area contributed by atoms with E-state index >= 15 is 0 Å². The molecule has 6 rings (SSSR count). The summed E-state index contributed by atoms with van der Waals surface area (Å²) in [5.41, 5.74) is -0.479. The van der Waals surface area contributed by atoms with Gasteiger partial charge in [-0.05, 0) is 35.5 Å². The van der Waals surface area contributed by atoms with Gasteiger partial charge in [-0.15, -0.1) is 0 Å². The van der Waals surface area contributed by atoms with Crippen molar-refractivity contribution in [2.75, 3.05) is 0 Å². The lowest BCUT2D eigenvalue weighted by Gasteiger charge is -2.51.